The second-order valence-electron chi connectivity index (χ2n) is 7.61. The van der Waals surface area contributed by atoms with E-state index in [1.54, 1.807) is 0 Å². The van der Waals surface area contributed by atoms with E-state index in [1.807, 2.05) is 0 Å². The number of hydrogen-bond donors (Lipinski definition) is 1. The van der Waals surface area contributed by atoms with Gasteiger partial charge in [-0.05, 0) is 36.8 Å². The molecule has 0 spiro atoms. The summed E-state index contributed by atoms with van der Waals surface area (Å²) in [6.07, 6.45) is 0.774. The summed E-state index contributed by atoms with van der Waals surface area (Å²) in [5.41, 5.74) is -0.386. The highest BCUT2D eigenvalue weighted by Gasteiger charge is 2.38. The number of halogens is 5. The summed E-state index contributed by atoms with van der Waals surface area (Å²) < 4.78 is 79.8. The number of carbonyl (C=O) groups excluding carboxylic acids is 1. The Morgan fingerprint density at radius 3 is 2.59 bits per heavy atom. The molecule has 1 aliphatic rings. The van der Waals surface area contributed by atoms with Gasteiger partial charge in [0, 0.05) is 29.9 Å². The van der Waals surface area contributed by atoms with Crippen LogP contribution < -0.4 is 10.1 Å². The number of pyridine rings is 2. The van der Waals surface area contributed by atoms with Crippen molar-refractivity contribution >= 4 is 11.6 Å². The van der Waals surface area contributed by atoms with Gasteiger partial charge < -0.3 is 14.8 Å². The first-order valence-electron chi connectivity index (χ1n) is 10.1. The van der Waals surface area contributed by atoms with Crippen molar-refractivity contribution in [2.24, 2.45) is 0 Å². The summed E-state index contributed by atoms with van der Waals surface area (Å²) in [7, 11) is 1.21. The highest BCUT2D eigenvalue weighted by Crippen LogP contribution is 2.41. The molecule has 6 nitrogen and oxygen atoms in total. The number of hydrogen-bond acceptors (Lipinski definition) is 5. The lowest BCUT2D eigenvalue weighted by Crippen LogP contribution is -2.31. The predicted molar refractivity (Wildman–Crippen MR) is 111 cm³/mol. The summed E-state index contributed by atoms with van der Waals surface area (Å²) in [5.74, 6) is -6.60. The molecule has 1 aliphatic heterocycles. The van der Waals surface area contributed by atoms with Crippen LogP contribution in [0.25, 0.3) is 11.1 Å². The molecule has 178 valence electrons. The molecule has 34 heavy (non-hydrogen) atoms. The first kappa shape index (κ1) is 23.6. The van der Waals surface area contributed by atoms with Gasteiger partial charge in [0.2, 0.25) is 5.88 Å². The molecule has 0 bridgehead atoms. The van der Waals surface area contributed by atoms with E-state index in [0.717, 1.165) is 30.5 Å². The van der Waals surface area contributed by atoms with Crippen LogP contribution in [0.5, 0.6) is 5.88 Å². The van der Waals surface area contributed by atoms with Gasteiger partial charge in [-0.1, -0.05) is 0 Å². The summed E-state index contributed by atoms with van der Waals surface area (Å²) in [6, 6.07) is 4.99. The number of nitrogens with zero attached hydrogens (tertiary/aromatic N) is 2. The Morgan fingerprint density at radius 1 is 1.12 bits per heavy atom. The zero-order valence-corrected chi connectivity index (χ0v) is 17.7. The molecule has 3 heterocycles. The van der Waals surface area contributed by atoms with Crippen molar-refractivity contribution in [3.05, 3.63) is 71.4 Å². The lowest BCUT2D eigenvalue weighted by Gasteiger charge is -2.30. The van der Waals surface area contributed by atoms with Crippen LogP contribution in [-0.4, -0.2) is 35.5 Å². The van der Waals surface area contributed by atoms with Crippen LogP contribution >= 0.6 is 0 Å². The molecule has 2 aromatic heterocycles. The van der Waals surface area contributed by atoms with Gasteiger partial charge in [-0.25, -0.2) is 26.9 Å². The third kappa shape index (κ3) is 4.84. The average molecular weight is 479 g/mol. The molecule has 1 fully saturated rings. The first-order valence-corrected chi connectivity index (χ1v) is 10.1. The van der Waals surface area contributed by atoms with Crippen molar-refractivity contribution in [2.75, 3.05) is 19.0 Å². The number of benzene rings is 1. The molecule has 1 aromatic carbocycles. The molecule has 1 amide bonds. The van der Waals surface area contributed by atoms with Crippen molar-refractivity contribution in [3.63, 3.8) is 0 Å². The van der Waals surface area contributed by atoms with E-state index in [1.165, 1.54) is 19.4 Å². The molecule has 0 radical (unpaired) electrons. The normalized spacial score (nSPS) is 17.3. The number of aromatic nitrogens is 2. The Kier molecular flexibility index (Phi) is 6.47. The van der Waals surface area contributed by atoms with Crippen molar-refractivity contribution in [1.82, 2.24) is 9.97 Å². The number of anilines is 1. The lowest BCUT2D eigenvalue weighted by atomic mass is 9.97. The zero-order chi connectivity index (χ0) is 24.5. The molecular formula is C23H18F5N3O3. The quantitative estimate of drug-likeness (QED) is 0.503. The first-order chi connectivity index (χ1) is 16.2. The summed E-state index contributed by atoms with van der Waals surface area (Å²) >= 11 is 0. The minimum absolute atomic E-state index is 0.0400. The van der Waals surface area contributed by atoms with Crippen LogP contribution in [0.3, 0.4) is 0 Å². The highest BCUT2D eigenvalue weighted by atomic mass is 19.3. The molecule has 3 aromatic rings. The Balaban J connectivity index is 1.78. The Hall–Kier alpha value is -3.60. The van der Waals surface area contributed by atoms with Crippen molar-refractivity contribution in [1.29, 1.82) is 0 Å². The second kappa shape index (κ2) is 9.34. The van der Waals surface area contributed by atoms with Gasteiger partial charge in [-0.3, -0.25) is 9.78 Å². The Bertz CT molecular complexity index is 1230. The van der Waals surface area contributed by atoms with Gasteiger partial charge in [-0.15, -0.1) is 0 Å². The summed E-state index contributed by atoms with van der Waals surface area (Å²) in [4.78, 5) is 20.8. The van der Waals surface area contributed by atoms with Crippen molar-refractivity contribution < 1.29 is 36.2 Å². The van der Waals surface area contributed by atoms with Gasteiger partial charge in [0.1, 0.15) is 24.3 Å². The number of ether oxygens (including phenoxy) is 2. The highest BCUT2D eigenvalue weighted by molar-refractivity contribution is 6.06. The summed E-state index contributed by atoms with van der Waals surface area (Å²) in [6.45, 7) is -0.862. The van der Waals surface area contributed by atoms with E-state index in [9.17, 15) is 26.7 Å². The van der Waals surface area contributed by atoms with E-state index in [0.29, 0.717) is 0 Å². The lowest BCUT2D eigenvalue weighted by molar-refractivity contribution is -0.146. The number of amides is 1. The smallest absolute Gasteiger partial charge is 0.271 e. The van der Waals surface area contributed by atoms with Gasteiger partial charge in [0.15, 0.2) is 5.82 Å². The second-order valence-corrected chi connectivity index (χ2v) is 7.61. The molecule has 11 heteroatoms. The maximum Gasteiger partial charge on any atom is 0.271 e. The molecule has 1 N–H and O–H groups in total. The number of alkyl halides is 2. The fraction of sp³-hybridized carbons (Fsp3) is 0.261. The number of methoxy groups -OCH3 is 1. The number of rotatable bonds is 5. The van der Waals surface area contributed by atoms with Crippen LogP contribution in [0.15, 0.2) is 42.7 Å². The van der Waals surface area contributed by atoms with Gasteiger partial charge >= 0.3 is 0 Å². The topological polar surface area (TPSA) is 73.3 Å². The van der Waals surface area contributed by atoms with E-state index in [4.69, 9.17) is 9.47 Å². The standard InChI is InChI=1S/C23H18F5N3O3/c1-33-22-17(26)8-12(10-30-22)21(32)31-19-14(15-9-13(24)2-3-16(15)25)5-7-29-20(19)18-4-6-23(27,28)11-34-18/h2-3,5,7-10,18H,4,6,11H2,1H3,(H,31,32)/t18-/m1/s1. The molecule has 0 unspecified atom stereocenters. The molecule has 4 rings (SSSR count). The third-order valence-electron chi connectivity index (χ3n) is 5.27. The Labute approximate surface area is 190 Å². The predicted octanol–water partition coefficient (Wildman–Crippen LogP) is 5.31. The minimum Gasteiger partial charge on any atom is -0.479 e. The number of nitrogens with one attached hydrogen (secondary N) is 1. The molecule has 1 saturated heterocycles. The third-order valence-corrected chi connectivity index (χ3v) is 5.27. The monoisotopic (exact) mass is 479 g/mol. The van der Waals surface area contributed by atoms with Crippen LogP contribution in [0.2, 0.25) is 0 Å². The SMILES string of the molecule is COc1ncc(C(=O)Nc2c(-c3cc(F)ccc3F)ccnc2[C@H]2CCC(F)(F)CO2)cc1F. The van der Waals surface area contributed by atoms with Gasteiger partial charge in [-0.2, -0.15) is 0 Å². The van der Waals surface area contributed by atoms with Crippen molar-refractivity contribution in [3.8, 4) is 17.0 Å². The van der Waals surface area contributed by atoms with Crippen LogP contribution in [-0.2, 0) is 4.74 Å². The van der Waals surface area contributed by atoms with E-state index in [2.05, 4.69) is 15.3 Å². The Morgan fingerprint density at radius 2 is 1.91 bits per heavy atom. The minimum atomic E-state index is -3.02. The molecule has 1 atom stereocenters. The average Bonchev–Trinajstić information content (AvgIpc) is 2.81. The largest absolute Gasteiger partial charge is 0.479 e. The fourth-order valence-electron chi connectivity index (χ4n) is 3.60. The van der Waals surface area contributed by atoms with E-state index in [-0.39, 0.29) is 40.4 Å². The molecular weight excluding hydrogens is 461 g/mol. The maximum absolute atomic E-state index is 14.6. The number of carbonyl (C=O) groups is 1. The zero-order valence-electron chi connectivity index (χ0n) is 17.7. The van der Waals surface area contributed by atoms with Crippen LogP contribution in [0, 0.1) is 17.5 Å². The van der Waals surface area contributed by atoms with Gasteiger partial charge in [0.25, 0.3) is 11.8 Å². The fourth-order valence-corrected chi connectivity index (χ4v) is 3.60. The van der Waals surface area contributed by atoms with E-state index >= 15 is 0 Å². The molecule has 0 saturated carbocycles. The van der Waals surface area contributed by atoms with Crippen LogP contribution in [0.4, 0.5) is 27.6 Å². The summed E-state index contributed by atoms with van der Waals surface area (Å²) in [5, 5.41) is 2.52. The van der Waals surface area contributed by atoms with Crippen molar-refractivity contribution in [2.45, 2.75) is 24.9 Å². The van der Waals surface area contributed by atoms with E-state index < -0.39 is 48.4 Å². The maximum atomic E-state index is 14.6. The van der Waals surface area contributed by atoms with Gasteiger partial charge in [0.05, 0.1) is 24.1 Å². The molecule has 0 aliphatic carbocycles. The van der Waals surface area contributed by atoms with Crippen LogP contribution in [0.1, 0.15) is 35.0 Å².